The predicted octanol–water partition coefficient (Wildman–Crippen LogP) is 0.482. The molecule has 0 atom stereocenters. The van der Waals surface area contributed by atoms with E-state index in [1.54, 1.807) is 24.4 Å². The van der Waals surface area contributed by atoms with Gasteiger partial charge in [0.25, 0.3) is 5.69 Å². The topological polar surface area (TPSA) is 40.3 Å². The molecular weight excluding hydrogens is 142 g/mol. The van der Waals surface area contributed by atoms with Crippen LogP contribution in [0.3, 0.4) is 0 Å². The molecule has 0 bridgehead atoms. The summed E-state index contributed by atoms with van der Waals surface area (Å²) in [5.41, 5.74) is 1.54. The second-order valence-electron chi connectivity index (χ2n) is 2.29. The Hall–Kier alpha value is -1.38. The number of hydrogen-bond donors (Lipinski definition) is 1. The molecule has 0 radical (unpaired) electrons. The zero-order chi connectivity index (χ0) is 8.27. The van der Waals surface area contributed by atoms with Gasteiger partial charge in [0.05, 0.1) is 13.2 Å². The van der Waals surface area contributed by atoms with Crippen LogP contribution in [0, 0.1) is 11.8 Å². The Labute approximate surface area is 65.0 Å². The van der Waals surface area contributed by atoms with E-state index in [-0.39, 0.29) is 0 Å². The van der Waals surface area contributed by atoms with Crippen LogP contribution >= 0.6 is 0 Å². The van der Waals surface area contributed by atoms with Gasteiger partial charge in [0.2, 0.25) is 0 Å². The minimum atomic E-state index is 0.521. The number of hydrogen-bond acceptors (Lipinski definition) is 2. The van der Waals surface area contributed by atoms with Gasteiger partial charge in [-0.25, -0.2) is 0 Å². The van der Waals surface area contributed by atoms with E-state index in [4.69, 9.17) is 4.74 Å². The summed E-state index contributed by atoms with van der Waals surface area (Å²) in [6, 6.07) is 5.21. The molecule has 1 aromatic carbocycles. The highest BCUT2D eigenvalue weighted by atomic mass is 16.5. The van der Waals surface area contributed by atoms with Gasteiger partial charge in [0, 0.05) is 16.2 Å². The van der Waals surface area contributed by atoms with Crippen LogP contribution in [0.1, 0.15) is 5.56 Å². The molecule has 1 rings (SSSR count). The monoisotopic (exact) mass is 152 g/mol. The number of aryl methyl sites for hydroxylation is 1. The molecule has 1 N–H and O–H groups in total. The van der Waals surface area contributed by atoms with E-state index in [0.717, 1.165) is 11.3 Å². The molecule has 0 aliphatic heterocycles. The van der Waals surface area contributed by atoms with E-state index in [9.17, 15) is 4.91 Å². The average Bonchev–Trinajstić information content (AvgIpc) is 2.05. The number of rotatable bonds is 2. The van der Waals surface area contributed by atoms with Gasteiger partial charge in [-0.05, 0) is 18.6 Å². The van der Waals surface area contributed by atoms with Crippen LogP contribution < -0.4 is 9.91 Å². The first-order valence-corrected chi connectivity index (χ1v) is 3.30. The summed E-state index contributed by atoms with van der Waals surface area (Å²) >= 11 is 0. The summed E-state index contributed by atoms with van der Waals surface area (Å²) in [5.74, 6) is 0.728. The van der Waals surface area contributed by atoms with Crippen molar-refractivity contribution in [2.24, 2.45) is 0 Å². The van der Waals surface area contributed by atoms with Crippen molar-refractivity contribution in [3.05, 3.63) is 28.7 Å². The van der Waals surface area contributed by atoms with Gasteiger partial charge < -0.3 is 4.74 Å². The Morgan fingerprint density at radius 1 is 1.45 bits per heavy atom. The van der Waals surface area contributed by atoms with E-state index < -0.39 is 0 Å². The largest absolute Gasteiger partial charge is 0.496 e. The molecule has 58 valence electrons. The first-order chi connectivity index (χ1) is 5.27. The van der Waals surface area contributed by atoms with Gasteiger partial charge >= 0.3 is 0 Å². The molecule has 1 aromatic rings. The van der Waals surface area contributed by atoms with Crippen LogP contribution in [0.15, 0.2) is 18.2 Å². The van der Waals surface area contributed by atoms with Gasteiger partial charge in [-0.1, -0.05) is 0 Å². The van der Waals surface area contributed by atoms with Crippen LogP contribution in [-0.2, 0) is 0 Å². The highest BCUT2D eigenvalue weighted by Crippen LogP contribution is 2.18. The molecular formula is C8H10NO2+. The molecule has 0 spiro atoms. The van der Waals surface area contributed by atoms with E-state index in [1.165, 1.54) is 0 Å². The van der Waals surface area contributed by atoms with Gasteiger partial charge in [0.1, 0.15) is 5.75 Å². The zero-order valence-electron chi connectivity index (χ0n) is 6.55. The molecule has 11 heavy (non-hydrogen) atoms. The number of benzene rings is 1. The summed E-state index contributed by atoms with van der Waals surface area (Å²) < 4.78 is 5.01. The first-order valence-electron chi connectivity index (χ1n) is 3.30. The Balaban J connectivity index is 3.12. The highest BCUT2D eigenvalue weighted by Gasteiger charge is 2.02. The fraction of sp³-hybridized carbons (Fsp3) is 0.250. The van der Waals surface area contributed by atoms with Crippen molar-refractivity contribution in [2.45, 2.75) is 6.92 Å². The van der Waals surface area contributed by atoms with Crippen LogP contribution in [0.2, 0.25) is 0 Å². The number of methoxy groups -OCH3 is 1. The van der Waals surface area contributed by atoms with Crippen molar-refractivity contribution in [1.29, 1.82) is 0 Å². The van der Waals surface area contributed by atoms with Crippen molar-refractivity contribution in [2.75, 3.05) is 7.11 Å². The molecule has 0 fully saturated rings. The van der Waals surface area contributed by atoms with Crippen LogP contribution in [0.25, 0.3) is 0 Å². The van der Waals surface area contributed by atoms with Crippen LogP contribution in [-0.4, -0.2) is 7.11 Å². The minimum Gasteiger partial charge on any atom is -0.496 e. The minimum absolute atomic E-state index is 0.521. The summed E-state index contributed by atoms with van der Waals surface area (Å²) in [6.07, 6.45) is 0. The van der Waals surface area contributed by atoms with E-state index in [2.05, 4.69) is 0 Å². The van der Waals surface area contributed by atoms with Crippen molar-refractivity contribution in [3.63, 3.8) is 0 Å². The SMILES string of the molecule is COc1cc([NH+]=O)ccc1C. The van der Waals surface area contributed by atoms with Crippen LogP contribution in [0.5, 0.6) is 5.75 Å². The molecule has 0 saturated heterocycles. The third kappa shape index (κ3) is 1.55. The summed E-state index contributed by atoms with van der Waals surface area (Å²) in [7, 11) is 1.58. The highest BCUT2D eigenvalue weighted by molar-refractivity contribution is 5.42. The fourth-order valence-electron chi connectivity index (χ4n) is 0.883. The molecule has 0 unspecified atom stereocenters. The van der Waals surface area contributed by atoms with Crippen molar-refractivity contribution < 1.29 is 9.91 Å². The average molecular weight is 152 g/mol. The van der Waals surface area contributed by atoms with Crippen LogP contribution in [0.4, 0.5) is 5.69 Å². The maximum Gasteiger partial charge on any atom is 0.257 e. The van der Waals surface area contributed by atoms with Gasteiger partial charge in [-0.2, -0.15) is 0 Å². The Bertz CT molecular complexity index is 271. The molecule has 0 aliphatic rings. The standard InChI is InChI=1S/C8H9NO2/c1-6-3-4-7(9-10)5-8(6)11-2/h3-5H,1-2H3/p+1. The summed E-state index contributed by atoms with van der Waals surface area (Å²) in [6.45, 7) is 1.92. The summed E-state index contributed by atoms with van der Waals surface area (Å²) in [4.78, 5) is 10.2. The Morgan fingerprint density at radius 3 is 2.73 bits per heavy atom. The lowest BCUT2D eigenvalue weighted by Crippen LogP contribution is -2.55. The summed E-state index contributed by atoms with van der Waals surface area (Å²) in [5, 5.41) is 1.80. The van der Waals surface area contributed by atoms with Gasteiger partial charge in [0.15, 0.2) is 0 Å². The number of nitrogens with one attached hydrogen (secondary N) is 1. The Morgan fingerprint density at radius 2 is 2.18 bits per heavy atom. The lowest BCUT2D eigenvalue weighted by Gasteiger charge is -2.00. The third-order valence-electron chi connectivity index (χ3n) is 1.53. The maximum atomic E-state index is 10.2. The van der Waals surface area contributed by atoms with E-state index in [1.807, 2.05) is 13.0 Å². The molecule has 0 saturated carbocycles. The zero-order valence-corrected chi connectivity index (χ0v) is 6.55. The number of ether oxygens (including phenoxy) is 1. The normalized spacial score (nSPS) is 9.27. The molecule has 3 heteroatoms. The van der Waals surface area contributed by atoms with Crippen molar-refractivity contribution in [1.82, 2.24) is 0 Å². The third-order valence-corrected chi connectivity index (χ3v) is 1.53. The quantitative estimate of drug-likeness (QED) is 0.669. The molecule has 0 amide bonds. The van der Waals surface area contributed by atoms with E-state index in [0.29, 0.717) is 5.69 Å². The molecule has 0 aliphatic carbocycles. The Kier molecular flexibility index (Phi) is 2.21. The lowest BCUT2D eigenvalue weighted by atomic mass is 10.2. The number of nitroso groups, excluding NO2 is 1. The second-order valence-corrected chi connectivity index (χ2v) is 2.29. The fourth-order valence-corrected chi connectivity index (χ4v) is 0.883. The van der Waals surface area contributed by atoms with E-state index >= 15 is 0 Å². The maximum absolute atomic E-state index is 10.2. The molecule has 0 aromatic heterocycles. The van der Waals surface area contributed by atoms with Crippen molar-refractivity contribution in [3.8, 4) is 5.75 Å². The van der Waals surface area contributed by atoms with Gasteiger partial charge in [-0.15, -0.1) is 0 Å². The smallest absolute Gasteiger partial charge is 0.257 e. The first kappa shape index (κ1) is 7.72. The predicted molar refractivity (Wildman–Crippen MR) is 41.7 cm³/mol. The molecule has 3 nitrogen and oxygen atoms in total. The second kappa shape index (κ2) is 3.14. The van der Waals surface area contributed by atoms with Gasteiger partial charge in [-0.3, -0.25) is 0 Å². The van der Waals surface area contributed by atoms with Crippen molar-refractivity contribution >= 4 is 5.69 Å². The lowest BCUT2D eigenvalue weighted by molar-refractivity contribution is -0.379. The molecule has 0 heterocycles.